The summed E-state index contributed by atoms with van der Waals surface area (Å²) in [5.41, 5.74) is 3.47. The monoisotopic (exact) mass is 463 g/mol. The summed E-state index contributed by atoms with van der Waals surface area (Å²) in [5.74, 6) is 1.53. The number of aryl methyl sites for hydroxylation is 1. The van der Waals surface area contributed by atoms with Gasteiger partial charge in [-0.3, -0.25) is 4.79 Å². The van der Waals surface area contributed by atoms with Gasteiger partial charge in [0.2, 0.25) is 0 Å². The van der Waals surface area contributed by atoms with Gasteiger partial charge in [-0.05, 0) is 50.2 Å². The van der Waals surface area contributed by atoms with E-state index < -0.39 is 0 Å². The van der Waals surface area contributed by atoms with Crippen LogP contribution in [-0.4, -0.2) is 25.4 Å². The average molecular weight is 464 g/mol. The van der Waals surface area contributed by atoms with E-state index in [1.165, 1.54) is 4.68 Å². The van der Waals surface area contributed by atoms with Crippen molar-refractivity contribution in [1.29, 1.82) is 0 Å². The molecule has 7 heteroatoms. The molecule has 4 rings (SSSR count). The van der Waals surface area contributed by atoms with Gasteiger partial charge in [0.1, 0.15) is 11.6 Å². The maximum atomic E-state index is 13.2. The number of halogens is 1. The third-order valence-corrected chi connectivity index (χ3v) is 5.50. The molecular formula is C23H22BrN5O. The first kappa shape index (κ1) is 20.2. The molecule has 0 unspecified atom stereocenters. The van der Waals surface area contributed by atoms with Crippen molar-refractivity contribution in [2.45, 2.75) is 33.6 Å². The second-order valence-corrected chi connectivity index (χ2v) is 8.41. The first-order chi connectivity index (χ1) is 14.4. The molecule has 1 aromatic carbocycles. The predicted octanol–water partition coefficient (Wildman–Crippen LogP) is 4.97. The second kappa shape index (κ2) is 7.99. The van der Waals surface area contributed by atoms with Crippen LogP contribution in [0.3, 0.4) is 0 Å². The van der Waals surface area contributed by atoms with Crippen LogP contribution in [0.4, 0.5) is 0 Å². The minimum Gasteiger partial charge on any atom is -0.303 e. The lowest BCUT2D eigenvalue weighted by Gasteiger charge is -2.12. The molecule has 0 bridgehead atoms. The zero-order chi connectivity index (χ0) is 21.4. The maximum Gasteiger partial charge on any atom is 0.282 e. The predicted molar refractivity (Wildman–Crippen MR) is 124 cm³/mol. The Morgan fingerprint density at radius 1 is 1.13 bits per heavy atom. The smallest absolute Gasteiger partial charge is 0.282 e. The SMILES string of the molecule is Cc1cc(C=Nn2c(C(C)C)nc3ccc(Br)cc3c2=O)c(C)n1-c1ccccn1. The van der Waals surface area contributed by atoms with Crippen LogP contribution in [0, 0.1) is 13.8 Å². The molecule has 0 saturated heterocycles. The van der Waals surface area contributed by atoms with Crippen LogP contribution in [0.2, 0.25) is 0 Å². The van der Waals surface area contributed by atoms with Gasteiger partial charge in [-0.2, -0.15) is 9.78 Å². The third kappa shape index (κ3) is 3.61. The highest BCUT2D eigenvalue weighted by Crippen LogP contribution is 2.20. The summed E-state index contributed by atoms with van der Waals surface area (Å²) < 4.78 is 4.32. The van der Waals surface area contributed by atoms with Crippen LogP contribution < -0.4 is 5.56 Å². The van der Waals surface area contributed by atoms with Gasteiger partial charge in [0.25, 0.3) is 5.56 Å². The lowest BCUT2D eigenvalue weighted by Crippen LogP contribution is -2.23. The van der Waals surface area contributed by atoms with Gasteiger partial charge in [0, 0.05) is 33.5 Å². The normalized spacial score (nSPS) is 11.8. The van der Waals surface area contributed by atoms with E-state index in [9.17, 15) is 4.79 Å². The first-order valence-electron chi connectivity index (χ1n) is 9.73. The first-order valence-corrected chi connectivity index (χ1v) is 10.5. The van der Waals surface area contributed by atoms with Crippen LogP contribution >= 0.6 is 15.9 Å². The number of aromatic nitrogens is 4. The van der Waals surface area contributed by atoms with E-state index in [0.29, 0.717) is 16.7 Å². The number of benzene rings is 1. The van der Waals surface area contributed by atoms with Crippen molar-refractivity contribution in [3.05, 3.63) is 86.3 Å². The van der Waals surface area contributed by atoms with E-state index in [1.807, 2.05) is 64.1 Å². The molecule has 152 valence electrons. The van der Waals surface area contributed by atoms with Gasteiger partial charge < -0.3 is 4.57 Å². The zero-order valence-electron chi connectivity index (χ0n) is 17.3. The second-order valence-electron chi connectivity index (χ2n) is 7.50. The van der Waals surface area contributed by atoms with Crippen LogP contribution in [0.15, 0.2) is 63.0 Å². The van der Waals surface area contributed by atoms with Gasteiger partial charge >= 0.3 is 0 Å². The standard InChI is InChI=1S/C23H22BrN5O/c1-14(2)22-27-20-9-8-18(24)12-19(20)23(30)29(22)26-13-17-11-15(3)28(16(17)4)21-7-5-6-10-25-21/h5-14H,1-4H3. The number of rotatable bonds is 4. The van der Waals surface area contributed by atoms with E-state index in [0.717, 1.165) is 27.2 Å². The van der Waals surface area contributed by atoms with Crippen LogP contribution in [0.1, 0.15) is 42.5 Å². The van der Waals surface area contributed by atoms with Crippen molar-refractivity contribution in [2.24, 2.45) is 5.10 Å². The fourth-order valence-corrected chi connectivity index (χ4v) is 3.89. The number of hydrogen-bond donors (Lipinski definition) is 0. The van der Waals surface area contributed by atoms with Crippen molar-refractivity contribution in [2.75, 3.05) is 0 Å². The average Bonchev–Trinajstić information content (AvgIpc) is 3.01. The molecule has 0 aliphatic carbocycles. The van der Waals surface area contributed by atoms with Crippen molar-refractivity contribution in [1.82, 2.24) is 19.2 Å². The Balaban J connectivity index is 1.84. The minimum atomic E-state index is -0.181. The number of nitrogens with zero attached hydrogens (tertiary/aromatic N) is 5. The summed E-state index contributed by atoms with van der Waals surface area (Å²) in [7, 11) is 0. The van der Waals surface area contributed by atoms with Crippen molar-refractivity contribution >= 4 is 33.0 Å². The molecule has 0 amide bonds. The van der Waals surface area contributed by atoms with E-state index in [2.05, 4.69) is 30.6 Å². The van der Waals surface area contributed by atoms with E-state index in [-0.39, 0.29) is 11.5 Å². The molecule has 3 heterocycles. The van der Waals surface area contributed by atoms with Crippen LogP contribution in [-0.2, 0) is 0 Å². The highest BCUT2D eigenvalue weighted by Gasteiger charge is 2.15. The van der Waals surface area contributed by atoms with Gasteiger partial charge in [-0.15, -0.1) is 0 Å². The molecule has 0 atom stereocenters. The molecule has 0 radical (unpaired) electrons. The summed E-state index contributed by atoms with van der Waals surface area (Å²) in [6.07, 6.45) is 3.50. The summed E-state index contributed by atoms with van der Waals surface area (Å²) in [5, 5.41) is 5.09. The maximum absolute atomic E-state index is 13.2. The topological polar surface area (TPSA) is 65.1 Å². The Morgan fingerprint density at radius 3 is 2.63 bits per heavy atom. The molecule has 30 heavy (non-hydrogen) atoms. The Labute approximate surface area is 183 Å². The van der Waals surface area contributed by atoms with Crippen molar-refractivity contribution in [3.63, 3.8) is 0 Å². The molecule has 0 N–H and O–H groups in total. The fraction of sp³-hybridized carbons (Fsp3) is 0.217. The quantitative estimate of drug-likeness (QED) is 0.401. The summed E-state index contributed by atoms with van der Waals surface area (Å²) in [6, 6.07) is 13.4. The molecule has 0 aliphatic heterocycles. The molecule has 0 spiro atoms. The molecule has 4 aromatic rings. The van der Waals surface area contributed by atoms with Crippen molar-refractivity contribution in [3.8, 4) is 5.82 Å². The summed E-state index contributed by atoms with van der Waals surface area (Å²) in [6.45, 7) is 8.06. The molecule has 0 fully saturated rings. The highest BCUT2D eigenvalue weighted by molar-refractivity contribution is 9.10. The Kier molecular flexibility index (Phi) is 5.39. The molecule has 0 saturated carbocycles. The lowest BCUT2D eigenvalue weighted by atomic mass is 10.2. The van der Waals surface area contributed by atoms with Crippen LogP contribution in [0.5, 0.6) is 0 Å². The van der Waals surface area contributed by atoms with E-state index in [1.54, 1.807) is 18.5 Å². The van der Waals surface area contributed by atoms with Gasteiger partial charge in [0.15, 0.2) is 0 Å². The molecule has 3 aromatic heterocycles. The lowest BCUT2D eigenvalue weighted by molar-refractivity contribution is 0.665. The summed E-state index contributed by atoms with van der Waals surface area (Å²) in [4.78, 5) is 22.3. The van der Waals surface area contributed by atoms with Crippen LogP contribution in [0.25, 0.3) is 16.7 Å². The molecule has 6 nitrogen and oxygen atoms in total. The minimum absolute atomic E-state index is 0.0452. The fourth-order valence-electron chi connectivity index (χ4n) is 3.53. The largest absolute Gasteiger partial charge is 0.303 e. The van der Waals surface area contributed by atoms with Crippen molar-refractivity contribution < 1.29 is 0 Å². The van der Waals surface area contributed by atoms with Gasteiger partial charge in [-0.1, -0.05) is 35.8 Å². The molecular weight excluding hydrogens is 442 g/mol. The Bertz CT molecular complexity index is 1320. The molecule has 0 aliphatic rings. The number of hydrogen-bond acceptors (Lipinski definition) is 4. The summed E-state index contributed by atoms with van der Waals surface area (Å²) >= 11 is 3.43. The Morgan fingerprint density at radius 2 is 1.93 bits per heavy atom. The third-order valence-electron chi connectivity index (χ3n) is 5.01. The van der Waals surface area contributed by atoms with Gasteiger partial charge in [0.05, 0.1) is 17.1 Å². The van der Waals surface area contributed by atoms with Gasteiger partial charge in [-0.25, -0.2) is 9.97 Å². The number of fused-ring (bicyclic) bond motifs is 1. The Hall–Kier alpha value is -3.06. The number of pyridine rings is 1. The van der Waals surface area contributed by atoms with E-state index in [4.69, 9.17) is 4.98 Å². The highest BCUT2D eigenvalue weighted by atomic mass is 79.9. The zero-order valence-corrected chi connectivity index (χ0v) is 18.9. The van der Waals surface area contributed by atoms with E-state index >= 15 is 0 Å².